The van der Waals surface area contributed by atoms with Crippen LogP contribution in [0.15, 0.2) is 41.3 Å². The van der Waals surface area contributed by atoms with E-state index in [1.807, 2.05) is 26.0 Å². The first-order valence-corrected chi connectivity index (χ1v) is 10.2. The van der Waals surface area contributed by atoms with Gasteiger partial charge in [0.15, 0.2) is 11.4 Å². The lowest BCUT2D eigenvalue weighted by Crippen LogP contribution is -2.24. The first-order chi connectivity index (χ1) is 14.9. The quantitative estimate of drug-likeness (QED) is 0.537. The van der Waals surface area contributed by atoms with Crippen LogP contribution in [0.3, 0.4) is 0 Å². The minimum atomic E-state index is -1.02. The number of hydrogen-bond donors (Lipinski definition) is 3. The topological polar surface area (TPSA) is 120 Å². The fourth-order valence-corrected chi connectivity index (χ4v) is 3.62. The summed E-state index contributed by atoms with van der Waals surface area (Å²) in [6, 6.07) is 10.2. The minimum absolute atomic E-state index is 0.00784. The molecule has 8 heteroatoms. The number of carboxylic acid groups (broad SMARTS) is 1. The summed E-state index contributed by atoms with van der Waals surface area (Å²) in [4.78, 5) is 29.2. The molecule has 0 bridgehead atoms. The third-order valence-electron chi connectivity index (χ3n) is 5.45. The van der Waals surface area contributed by atoms with Crippen molar-refractivity contribution < 1.29 is 9.90 Å². The summed E-state index contributed by atoms with van der Waals surface area (Å²) >= 11 is 0. The SMILES string of the molecule is Cc1cc([C@@H](C)Nc2ccccc2C(=O)O)c2nc(NCC3CC3)c(C#N)c(=O)n2c1. The largest absolute Gasteiger partial charge is 0.478 e. The molecule has 0 saturated heterocycles. The lowest BCUT2D eigenvalue weighted by molar-refractivity contribution is 0.0698. The van der Waals surface area contributed by atoms with E-state index < -0.39 is 11.5 Å². The number of fused-ring (bicyclic) bond motifs is 1. The van der Waals surface area contributed by atoms with Crippen LogP contribution in [-0.4, -0.2) is 27.0 Å². The Kier molecular flexibility index (Phi) is 5.34. The molecule has 8 nitrogen and oxygen atoms in total. The van der Waals surface area contributed by atoms with Gasteiger partial charge in [-0.3, -0.25) is 9.20 Å². The van der Waals surface area contributed by atoms with Crippen LogP contribution in [0, 0.1) is 24.2 Å². The molecule has 1 saturated carbocycles. The van der Waals surface area contributed by atoms with Crippen LogP contribution in [0.2, 0.25) is 0 Å². The van der Waals surface area contributed by atoms with E-state index >= 15 is 0 Å². The molecule has 2 aromatic heterocycles. The summed E-state index contributed by atoms with van der Waals surface area (Å²) in [6.07, 6.45) is 3.93. The molecule has 0 radical (unpaired) electrons. The number of aromatic carboxylic acids is 1. The maximum atomic E-state index is 13.0. The summed E-state index contributed by atoms with van der Waals surface area (Å²) in [5.74, 6) is -0.177. The number of nitrogens with zero attached hydrogens (tertiary/aromatic N) is 3. The number of carbonyl (C=O) groups is 1. The lowest BCUT2D eigenvalue weighted by atomic mass is 10.1. The Morgan fingerprint density at radius 3 is 2.81 bits per heavy atom. The number of aryl methyl sites for hydroxylation is 1. The van der Waals surface area contributed by atoms with E-state index in [4.69, 9.17) is 0 Å². The van der Waals surface area contributed by atoms with Gasteiger partial charge in [0.2, 0.25) is 0 Å². The predicted octanol–water partition coefficient (Wildman–Crippen LogP) is 3.57. The Hall–Kier alpha value is -3.86. The van der Waals surface area contributed by atoms with E-state index in [0.29, 0.717) is 29.6 Å². The molecule has 1 aliphatic rings. The highest BCUT2D eigenvalue weighted by Gasteiger charge is 2.23. The average Bonchev–Trinajstić information content (AvgIpc) is 3.57. The number of carboxylic acids is 1. The van der Waals surface area contributed by atoms with Crippen LogP contribution >= 0.6 is 0 Å². The van der Waals surface area contributed by atoms with E-state index in [1.54, 1.807) is 24.4 Å². The molecule has 3 N–H and O–H groups in total. The third-order valence-corrected chi connectivity index (χ3v) is 5.45. The van der Waals surface area contributed by atoms with E-state index in [2.05, 4.69) is 15.6 Å². The second-order valence-electron chi connectivity index (χ2n) is 7.96. The summed E-state index contributed by atoms with van der Waals surface area (Å²) < 4.78 is 1.40. The second kappa shape index (κ2) is 8.11. The summed E-state index contributed by atoms with van der Waals surface area (Å²) in [5.41, 5.74) is 2.20. The number of pyridine rings is 1. The van der Waals surface area contributed by atoms with Crippen LogP contribution in [0.4, 0.5) is 11.5 Å². The highest BCUT2D eigenvalue weighted by Crippen LogP contribution is 2.30. The summed E-state index contributed by atoms with van der Waals surface area (Å²) in [5, 5.41) is 25.4. The van der Waals surface area contributed by atoms with Crippen LogP contribution in [0.25, 0.3) is 5.65 Å². The van der Waals surface area contributed by atoms with Crippen molar-refractivity contribution in [3.8, 4) is 6.07 Å². The molecule has 1 aromatic carbocycles. The zero-order chi connectivity index (χ0) is 22.1. The minimum Gasteiger partial charge on any atom is -0.478 e. The monoisotopic (exact) mass is 417 g/mol. The molecule has 158 valence electrons. The van der Waals surface area contributed by atoms with Crippen LogP contribution in [-0.2, 0) is 0 Å². The van der Waals surface area contributed by atoms with E-state index in [1.165, 1.54) is 10.5 Å². The molecular formula is C23H23N5O3. The molecule has 31 heavy (non-hydrogen) atoms. The van der Waals surface area contributed by atoms with E-state index in [0.717, 1.165) is 24.0 Å². The normalized spacial score (nSPS) is 14.1. The number of aromatic nitrogens is 2. The molecule has 3 aromatic rings. The van der Waals surface area contributed by atoms with Crippen molar-refractivity contribution >= 4 is 23.1 Å². The molecule has 0 unspecified atom stereocenters. The van der Waals surface area contributed by atoms with Gasteiger partial charge >= 0.3 is 5.97 Å². The molecule has 1 aliphatic carbocycles. The van der Waals surface area contributed by atoms with Crippen LogP contribution < -0.4 is 16.2 Å². The van der Waals surface area contributed by atoms with Gasteiger partial charge in [-0.05, 0) is 56.4 Å². The van der Waals surface area contributed by atoms with Crippen molar-refractivity contribution in [2.75, 3.05) is 17.2 Å². The third kappa shape index (κ3) is 4.08. The van der Waals surface area contributed by atoms with Gasteiger partial charge in [-0.1, -0.05) is 12.1 Å². The maximum Gasteiger partial charge on any atom is 0.337 e. The van der Waals surface area contributed by atoms with Gasteiger partial charge in [0.25, 0.3) is 5.56 Å². The number of rotatable bonds is 7. The van der Waals surface area contributed by atoms with Crippen molar-refractivity contribution in [2.24, 2.45) is 5.92 Å². The second-order valence-corrected chi connectivity index (χ2v) is 7.96. The Bertz CT molecular complexity index is 1270. The summed E-state index contributed by atoms with van der Waals surface area (Å²) in [6.45, 7) is 4.42. The molecule has 0 spiro atoms. The van der Waals surface area contributed by atoms with E-state index in [9.17, 15) is 20.0 Å². The molecule has 1 atom stereocenters. The first-order valence-electron chi connectivity index (χ1n) is 10.2. The van der Waals surface area contributed by atoms with Crippen molar-refractivity contribution in [3.63, 3.8) is 0 Å². The van der Waals surface area contributed by atoms with Gasteiger partial charge in [-0.15, -0.1) is 0 Å². The fourth-order valence-electron chi connectivity index (χ4n) is 3.62. The van der Waals surface area contributed by atoms with Gasteiger partial charge in [0.05, 0.1) is 11.6 Å². The van der Waals surface area contributed by atoms with Crippen LogP contribution in [0.5, 0.6) is 0 Å². The van der Waals surface area contributed by atoms with Crippen molar-refractivity contribution in [1.82, 2.24) is 9.38 Å². The standard InChI is InChI=1S/C23H23N5O3/c1-13-9-17(14(2)26-19-6-4-3-5-16(19)23(30)31)21-27-20(25-11-15-7-8-15)18(10-24)22(29)28(21)12-13/h3-6,9,12,14-15,25-26H,7-8,11H2,1-2H3,(H,30,31)/t14-/m1/s1. The average molecular weight is 417 g/mol. The Morgan fingerprint density at radius 1 is 1.39 bits per heavy atom. The van der Waals surface area contributed by atoms with Crippen LogP contribution in [0.1, 0.15) is 52.9 Å². The predicted molar refractivity (Wildman–Crippen MR) is 118 cm³/mol. The molecule has 2 heterocycles. The van der Waals surface area contributed by atoms with Crippen molar-refractivity contribution in [1.29, 1.82) is 5.26 Å². The molecule has 4 rings (SSSR count). The number of para-hydroxylation sites is 1. The Labute approximate surface area is 179 Å². The van der Waals surface area contributed by atoms with Gasteiger partial charge in [0.1, 0.15) is 11.7 Å². The number of benzene rings is 1. The lowest BCUT2D eigenvalue weighted by Gasteiger charge is -2.20. The number of hydrogen-bond acceptors (Lipinski definition) is 6. The zero-order valence-electron chi connectivity index (χ0n) is 17.3. The Morgan fingerprint density at radius 2 is 2.13 bits per heavy atom. The van der Waals surface area contributed by atoms with E-state index in [-0.39, 0.29) is 17.2 Å². The number of nitrogens with one attached hydrogen (secondary N) is 2. The fraction of sp³-hybridized carbons (Fsp3) is 0.304. The number of nitriles is 1. The number of anilines is 2. The van der Waals surface area contributed by atoms with Gasteiger partial charge in [-0.2, -0.15) is 5.26 Å². The van der Waals surface area contributed by atoms with Gasteiger partial charge < -0.3 is 15.7 Å². The Balaban J connectivity index is 1.80. The molecule has 0 aliphatic heterocycles. The maximum absolute atomic E-state index is 13.0. The highest BCUT2D eigenvalue weighted by atomic mass is 16.4. The molecule has 1 fully saturated rings. The van der Waals surface area contributed by atoms with Crippen molar-refractivity contribution in [2.45, 2.75) is 32.7 Å². The van der Waals surface area contributed by atoms with Gasteiger partial charge in [0, 0.05) is 24.0 Å². The zero-order valence-corrected chi connectivity index (χ0v) is 17.3. The van der Waals surface area contributed by atoms with Gasteiger partial charge in [-0.25, -0.2) is 9.78 Å². The first kappa shape index (κ1) is 20.4. The summed E-state index contributed by atoms with van der Waals surface area (Å²) in [7, 11) is 0. The smallest absolute Gasteiger partial charge is 0.337 e. The molecule has 0 amide bonds. The highest BCUT2D eigenvalue weighted by molar-refractivity contribution is 5.94. The molecular weight excluding hydrogens is 394 g/mol. The van der Waals surface area contributed by atoms with Crippen molar-refractivity contribution in [3.05, 3.63) is 69.1 Å².